The van der Waals surface area contributed by atoms with E-state index in [4.69, 9.17) is 29.4 Å². The summed E-state index contributed by atoms with van der Waals surface area (Å²) in [6.07, 6.45) is -2.72. The van der Waals surface area contributed by atoms with Gasteiger partial charge < -0.3 is 39.8 Å². The Hall–Kier alpha value is -4.75. The fourth-order valence-electron chi connectivity index (χ4n) is 5.72. The van der Waals surface area contributed by atoms with Crippen LogP contribution < -0.4 is 26.2 Å². The van der Waals surface area contributed by atoms with Gasteiger partial charge in [-0.3, -0.25) is 9.36 Å². The molecule has 4 atom stereocenters. The Morgan fingerprint density at radius 2 is 1.55 bits per heavy atom. The second-order valence-electron chi connectivity index (χ2n) is 11.1. The number of nitrogens with one attached hydrogen (secondary N) is 1. The molecule has 1 amide bonds. The third kappa shape index (κ3) is 7.00. The lowest BCUT2D eigenvalue weighted by Gasteiger charge is -2.37. The van der Waals surface area contributed by atoms with Gasteiger partial charge in [0.1, 0.15) is 41.2 Å². The number of ether oxygens (including phenoxy) is 5. The number of hydrogen-bond acceptors (Lipinski definition) is 10. The van der Waals surface area contributed by atoms with E-state index in [1.807, 2.05) is 78.9 Å². The van der Waals surface area contributed by atoms with E-state index in [1.54, 1.807) is 21.1 Å². The minimum Gasteiger partial charge on any atom is -0.497 e. The summed E-state index contributed by atoms with van der Waals surface area (Å²) >= 11 is 0. The van der Waals surface area contributed by atoms with Crippen LogP contribution >= 0.6 is 0 Å². The monoisotopic (exact) mass is 644 g/mol. The molecule has 0 aliphatic carbocycles. The summed E-state index contributed by atoms with van der Waals surface area (Å²) in [4.78, 5) is 28.8. The number of hydrogen-bond donors (Lipinski definition) is 3. The van der Waals surface area contributed by atoms with Crippen molar-refractivity contribution in [2.45, 2.75) is 43.5 Å². The second kappa shape index (κ2) is 14.8. The van der Waals surface area contributed by atoms with Gasteiger partial charge in [0.15, 0.2) is 6.23 Å². The molecule has 1 saturated heterocycles. The number of carbonyl (C=O) groups excluding carboxylic acids is 1. The van der Waals surface area contributed by atoms with Crippen LogP contribution in [-0.4, -0.2) is 73.4 Å². The van der Waals surface area contributed by atoms with Crippen molar-refractivity contribution < 1.29 is 33.6 Å². The second-order valence-corrected chi connectivity index (χ2v) is 11.1. The lowest BCUT2D eigenvalue weighted by atomic mass is 9.80. The van der Waals surface area contributed by atoms with Crippen LogP contribution in [0.1, 0.15) is 34.9 Å². The largest absolute Gasteiger partial charge is 0.497 e. The van der Waals surface area contributed by atoms with Crippen LogP contribution in [0.5, 0.6) is 11.5 Å². The van der Waals surface area contributed by atoms with Crippen LogP contribution in [0.15, 0.2) is 89.9 Å². The molecule has 0 bridgehead atoms. The van der Waals surface area contributed by atoms with Gasteiger partial charge in [0.05, 0.1) is 27.4 Å². The van der Waals surface area contributed by atoms with Crippen molar-refractivity contribution in [1.82, 2.24) is 14.9 Å². The predicted octanol–water partition coefficient (Wildman–Crippen LogP) is 2.94. The van der Waals surface area contributed by atoms with Crippen LogP contribution in [0.2, 0.25) is 0 Å². The molecule has 0 radical (unpaired) electrons. The first-order valence-electron chi connectivity index (χ1n) is 15.2. The number of methoxy groups -OCH3 is 2. The van der Waals surface area contributed by atoms with Gasteiger partial charge in [-0.25, -0.2) is 4.79 Å². The van der Waals surface area contributed by atoms with Crippen LogP contribution in [0.4, 0.5) is 5.82 Å². The molecule has 1 aliphatic heterocycles. The van der Waals surface area contributed by atoms with Gasteiger partial charge in [-0.05, 0) is 47.9 Å². The van der Waals surface area contributed by atoms with Gasteiger partial charge >= 0.3 is 5.69 Å². The van der Waals surface area contributed by atoms with Crippen LogP contribution in [0, 0.1) is 6.92 Å². The highest BCUT2D eigenvalue weighted by Gasteiger charge is 2.48. The van der Waals surface area contributed by atoms with Gasteiger partial charge in [-0.1, -0.05) is 54.6 Å². The number of aliphatic hydroxyl groups excluding tert-OH is 1. The highest BCUT2D eigenvalue weighted by atomic mass is 16.6. The van der Waals surface area contributed by atoms with Gasteiger partial charge in [-0.2, -0.15) is 4.98 Å². The summed E-state index contributed by atoms with van der Waals surface area (Å²) in [5.74, 6) is 1.21. The van der Waals surface area contributed by atoms with E-state index in [1.165, 1.54) is 17.8 Å². The van der Waals surface area contributed by atoms with Crippen LogP contribution in [0.25, 0.3) is 0 Å². The molecule has 1 aromatic heterocycles. The summed E-state index contributed by atoms with van der Waals surface area (Å²) < 4.78 is 31.4. The number of aliphatic hydroxyl groups is 1. The number of anilines is 1. The molecule has 3 aromatic carbocycles. The average Bonchev–Trinajstić information content (AvgIpc) is 3.41. The molecule has 4 N–H and O–H groups in total. The molecule has 5 rings (SSSR count). The molecule has 0 unspecified atom stereocenters. The Morgan fingerprint density at radius 1 is 0.979 bits per heavy atom. The van der Waals surface area contributed by atoms with Crippen molar-refractivity contribution in [2.75, 3.05) is 40.2 Å². The number of carbonyl (C=O) groups is 1. The molecule has 1 fully saturated rings. The Labute approximate surface area is 273 Å². The Kier molecular flexibility index (Phi) is 10.6. The number of benzene rings is 3. The third-order valence-electron chi connectivity index (χ3n) is 8.32. The summed E-state index contributed by atoms with van der Waals surface area (Å²) in [7, 11) is 4.73. The van der Waals surface area contributed by atoms with E-state index in [2.05, 4.69) is 10.3 Å². The van der Waals surface area contributed by atoms with E-state index >= 15 is 0 Å². The summed E-state index contributed by atoms with van der Waals surface area (Å²) in [6.45, 7) is 1.58. The van der Waals surface area contributed by atoms with Crippen molar-refractivity contribution in [3.63, 3.8) is 0 Å². The fourth-order valence-corrected chi connectivity index (χ4v) is 5.72. The normalized spacial score (nSPS) is 19.3. The van der Waals surface area contributed by atoms with E-state index in [0.29, 0.717) is 17.1 Å². The molecule has 0 spiro atoms. The van der Waals surface area contributed by atoms with Crippen molar-refractivity contribution in [3.8, 4) is 11.5 Å². The number of aryl methyl sites for hydroxylation is 1. The van der Waals surface area contributed by atoms with E-state index in [0.717, 1.165) is 16.7 Å². The Balaban J connectivity index is 1.55. The smallest absolute Gasteiger partial charge is 0.351 e. The molecule has 248 valence electrons. The summed E-state index contributed by atoms with van der Waals surface area (Å²) in [5, 5.41) is 14.2. The third-order valence-corrected chi connectivity index (χ3v) is 8.32. The zero-order chi connectivity index (χ0) is 33.6. The van der Waals surface area contributed by atoms with Crippen molar-refractivity contribution >= 4 is 11.7 Å². The summed E-state index contributed by atoms with van der Waals surface area (Å²) in [5.41, 5.74) is 7.01. The van der Waals surface area contributed by atoms with Gasteiger partial charge in [-0.15, -0.1) is 0 Å². The van der Waals surface area contributed by atoms with Gasteiger partial charge in [0.2, 0.25) is 5.91 Å². The zero-order valence-corrected chi connectivity index (χ0v) is 26.8. The molecule has 12 heteroatoms. The van der Waals surface area contributed by atoms with Crippen molar-refractivity contribution in [3.05, 3.63) is 118 Å². The van der Waals surface area contributed by atoms with Crippen LogP contribution in [-0.2, 0) is 24.6 Å². The molecule has 4 aromatic rings. The summed E-state index contributed by atoms with van der Waals surface area (Å²) in [6, 6.07) is 24.9. The van der Waals surface area contributed by atoms with Crippen molar-refractivity contribution in [2.24, 2.45) is 0 Å². The predicted molar refractivity (Wildman–Crippen MR) is 174 cm³/mol. The maximum Gasteiger partial charge on any atom is 0.351 e. The molecular formula is C35H40N4O8. The number of amides is 1. The number of nitrogen functional groups attached to an aromatic ring is 1. The lowest BCUT2D eigenvalue weighted by Crippen LogP contribution is -2.41. The first kappa shape index (κ1) is 33.6. The minimum atomic E-state index is -1.24. The first-order chi connectivity index (χ1) is 22.7. The molecular weight excluding hydrogens is 604 g/mol. The maximum absolute atomic E-state index is 13.0. The Morgan fingerprint density at radius 3 is 2.11 bits per heavy atom. The lowest BCUT2D eigenvalue weighted by molar-refractivity contribution is -0.124. The zero-order valence-electron chi connectivity index (χ0n) is 26.8. The first-order valence-corrected chi connectivity index (χ1v) is 15.2. The number of nitrogens with zero attached hydrogens (tertiary/aromatic N) is 2. The number of nitrogens with two attached hydrogens (primary N) is 1. The Bertz CT molecular complexity index is 1650. The maximum atomic E-state index is 13.0. The van der Waals surface area contributed by atoms with Gasteiger partial charge in [0, 0.05) is 25.2 Å². The van der Waals surface area contributed by atoms with E-state index in [9.17, 15) is 14.7 Å². The quantitative estimate of drug-likeness (QED) is 0.185. The highest BCUT2D eigenvalue weighted by Crippen LogP contribution is 2.43. The molecule has 2 heterocycles. The molecule has 1 aliphatic rings. The van der Waals surface area contributed by atoms with Gasteiger partial charge in [0.25, 0.3) is 0 Å². The number of aromatic nitrogens is 2. The van der Waals surface area contributed by atoms with Crippen molar-refractivity contribution in [1.29, 1.82) is 0 Å². The fraction of sp³-hybridized carbons (Fsp3) is 0.343. The standard InChI is InChI=1S/C35H40N4O8/c1-22-20-39(34(42)38-32(22)36)33-31(45-19-18-29(40)37-2)30(41)28(47-33)21-46-35(23-8-6-5-7-9-23,24-10-14-26(43-3)15-11-24)25-12-16-27(44-4)17-13-25/h5-17,20,28,30-31,33,41H,18-19,21H2,1-4H3,(H,37,40)(H2,36,38,42)/t28-,30-,31-,33-/m1/s1. The topological polar surface area (TPSA) is 156 Å². The average molecular weight is 645 g/mol. The van der Waals surface area contributed by atoms with E-state index in [-0.39, 0.29) is 31.4 Å². The van der Waals surface area contributed by atoms with Crippen LogP contribution in [0.3, 0.4) is 0 Å². The van der Waals surface area contributed by atoms with E-state index < -0.39 is 35.8 Å². The molecule has 47 heavy (non-hydrogen) atoms. The number of rotatable bonds is 13. The molecule has 0 saturated carbocycles. The minimum absolute atomic E-state index is 0.0172. The highest BCUT2D eigenvalue weighted by molar-refractivity contribution is 5.75. The molecule has 12 nitrogen and oxygen atoms in total. The SMILES string of the molecule is CNC(=O)CCO[C@@H]1[C@H](O)[C@@H](COC(c2ccccc2)(c2ccc(OC)cc2)c2ccc(OC)cc2)O[C@H]1n1cc(C)c(N)nc1=O.